The molecule has 26 heavy (non-hydrogen) atoms. The lowest BCUT2D eigenvalue weighted by Gasteiger charge is -2.40. The lowest BCUT2D eigenvalue weighted by molar-refractivity contribution is -0.161. The molecule has 2 heterocycles. The molecule has 1 fully saturated rings. The molecule has 1 saturated heterocycles. The second-order valence-corrected chi connectivity index (χ2v) is 7.15. The van der Waals surface area contributed by atoms with E-state index in [-0.39, 0.29) is 12.5 Å². The third-order valence-electron chi connectivity index (χ3n) is 5.47. The molecule has 0 aromatic heterocycles. The van der Waals surface area contributed by atoms with Crippen molar-refractivity contribution < 1.29 is 24.2 Å². The van der Waals surface area contributed by atoms with E-state index < -0.39 is 17.4 Å². The lowest BCUT2D eigenvalue weighted by atomic mass is 9.75. The first-order valence-electron chi connectivity index (χ1n) is 8.82. The van der Waals surface area contributed by atoms with Gasteiger partial charge in [-0.2, -0.15) is 0 Å². The minimum absolute atomic E-state index is 0.0804. The summed E-state index contributed by atoms with van der Waals surface area (Å²) in [5.41, 5.74) is 2.17. The van der Waals surface area contributed by atoms with Crippen LogP contribution in [-0.2, 0) is 20.7 Å². The van der Waals surface area contributed by atoms with Crippen LogP contribution >= 0.6 is 0 Å². The van der Waals surface area contributed by atoms with Crippen LogP contribution in [0.5, 0.6) is 0 Å². The highest BCUT2D eigenvalue weighted by atomic mass is 16.5. The predicted octanol–water partition coefficient (Wildman–Crippen LogP) is 2.21. The van der Waals surface area contributed by atoms with Crippen LogP contribution in [0.4, 0.5) is 10.5 Å². The van der Waals surface area contributed by atoms with Crippen LogP contribution in [0.25, 0.3) is 0 Å². The largest absolute Gasteiger partial charge is 0.481 e. The number of rotatable bonds is 3. The van der Waals surface area contributed by atoms with Crippen LogP contribution in [0.15, 0.2) is 18.2 Å². The molecular weight excluding hydrogens is 336 g/mol. The first-order valence-corrected chi connectivity index (χ1v) is 8.82. The van der Waals surface area contributed by atoms with E-state index in [1.807, 2.05) is 19.1 Å². The number of aliphatic carboxylic acids is 1. The quantitative estimate of drug-likeness (QED) is 0.835. The van der Waals surface area contributed by atoms with Crippen molar-refractivity contribution in [1.82, 2.24) is 4.90 Å². The maximum absolute atomic E-state index is 13.0. The maximum Gasteiger partial charge on any atom is 0.324 e. The molecular formula is C19H24N2O5. The topological polar surface area (TPSA) is 87.1 Å². The highest BCUT2D eigenvalue weighted by Crippen LogP contribution is 2.38. The fraction of sp³-hybridized carbons (Fsp3) is 0.526. The van der Waals surface area contributed by atoms with Crippen molar-refractivity contribution in [2.45, 2.75) is 32.6 Å². The number of fused-ring (bicyclic) bond motifs is 1. The molecule has 1 aromatic rings. The van der Waals surface area contributed by atoms with Gasteiger partial charge in [-0.25, -0.2) is 4.79 Å². The van der Waals surface area contributed by atoms with Gasteiger partial charge in [-0.3, -0.25) is 14.5 Å². The average Bonchev–Trinajstić information content (AvgIpc) is 3.03. The molecule has 1 aromatic carbocycles. The smallest absolute Gasteiger partial charge is 0.324 e. The minimum atomic E-state index is -1.04. The number of hydrogen-bond donors (Lipinski definition) is 1. The molecule has 3 rings (SSSR count). The SMILES string of the molecule is COC(=O)C1(CC(=O)O)CCN(C(=O)N2CCc3ccc(C)cc32)CC1. The fourth-order valence-electron chi connectivity index (χ4n) is 3.94. The fourth-order valence-corrected chi connectivity index (χ4v) is 3.94. The summed E-state index contributed by atoms with van der Waals surface area (Å²) in [5, 5.41) is 9.16. The number of nitrogens with zero attached hydrogens (tertiary/aromatic N) is 2. The maximum atomic E-state index is 13.0. The van der Waals surface area contributed by atoms with Crippen molar-refractivity contribution >= 4 is 23.7 Å². The summed E-state index contributed by atoms with van der Waals surface area (Å²) in [6, 6.07) is 6.05. The van der Waals surface area contributed by atoms with Gasteiger partial charge in [-0.05, 0) is 43.4 Å². The van der Waals surface area contributed by atoms with E-state index in [1.165, 1.54) is 7.11 Å². The summed E-state index contributed by atoms with van der Waals surface area (Å²) in [5.74, 6) is -1.53. The molecule has 2 aliphatic heterocycles. The van der Waals surface area contributed by atoms with E-state index in [0.717, 1.165) is 23.2 Å². The number of amides is 2. The van der Waals surface area contributed by atoms with Gasteiger partial charge in [0.1, 0.15) is 0 Å². The second kappa shape index (κ2) is 6.97. The molecule has 0 radical (unpaired) electrons. The Morgan fingerprint density at radius 2 is 1.88 bits per heavy atom. The Morgan fingerprint density at radius 1 is 1.19 bits per heavy atom. The van der Waals surface area contributed by atoms with Gasteiger partial charge in [-0.15, -0.1) is 0 Å². The highest BCUT2D eigenvalue weighted by molar-refractivity contribution is 5.94. The number of carboxylic acids is 1. The van der Waals surface area contributed by atoms with Crippen molar-refractivity contribution in [3.8, 4) is 0 Å². The van der Waals surface area contributed by atoms with E-state index in [4.69, 9.17) is 9.84 Å². The number of carboxylic acid groups (broad SMARTS) is 1. The monoisotopic (exact) mass is 360 g/mol. The number of likely N-dealkylation sites (tertiary alicyclic amines) is 1. The molecule has 0 saturated carbocycles. The van der Waals surface area contributed by atoms with E-state index in [2.05, 4.69) is 6.07 Å². The molecule has 7 heteroatoms. The first-order chi connectivity index (χ1) is 12.4. The van der Waals surface area contributed by atoms with Crippen molar-refractivity contribution in [1.29, 1.82) is 0 Å². The van der Waals surface area contributed by atoms with Crippen molar-refractivity contribution in [2.75, 3.05) is 31.6 Å². The van der Waals surface area contributed by atoms with Crippen LogP contribution in [0, 0.1) is 12.3 Å². The average molecular weight is 360 g/mol. The van der Waals surface area contributed by atoms with Gasteiger partial charge >= 0.3 is 18.0 Å². The van der Waals surface area contributed by atoms with Gasteiger partial charge in [-0.1, -0.05) is 12.1 Å². The minimum Gasteiger partial charge on any atom is -0.481 e. The van der Waals surface area contributed by atoms with Crippen LogP contribution in [0.1, 0.15) is 30.4 Å². The molecule has 0 bridgehead atoms. The lowest BCUT2D eigenvalue weighted by Crippen LogP contribution is -2.51. The van der Waals surface area contributed by atoms with Gasteiger partial charge in [0.15, 0.2) is 0 Å². The zero-order chi connectivity index (χ0) is 18.9. The third kappa shape index (κ3) is 3.25. The summed E-state index contributed by atoms with van der Waals surface area (Å²) in [6.45, 7) is 3.34. The number of benzene rings is 1. The zero-order valence-corrected chi connectivity index (χ0v) is 15.2. The van der Waals surface area contributed by atoms with E-state index in [0.29, 0.717) is 32.5 Å². The van der Waals surface area contributed by atoms with Gasteiger partial charge in [0, 0.05) is 25.3 Å². The number of methoxy groups -OCH3 is 1. The predicted molar refractivity (Wildman–Crippen MR) is 95.1 cm³/mol. The molecule has 2 amide bonds. The highest BCUT2D eigenvalue weighted by Gasteiger charge is 2.45. The van der Waals surface area contributed by atoms with E-state index >= 15 is 0 Å². The molecule has 0 spiro atoms. The van der Waals surface area contributed by atoms with Gasteiger partial charge < -0.3 is 14.7 Å². The number of ether oxygens (including phenoxy) is 1. The summed E-state index contributed by atoms with van der Waals surface area (Å²) in [6.07, 6.45) is 1.16. The number of urea groups is 1. The normalized spacial score (nSPS) is 18.4. The summed E-state index contributed by atoms with van der Waals surface area (Å²) >= 11 is 0. The molecule has 0 aliphatic carbocycles. The summed E-state index contributed by atoms with van der Waals surface area (Å²) in [7, 11) is 1.27. The molecule has 2 aliphatic rings. The van der Waals surface area contributed by atoms with Gasteiger partial charge in [0.25, 0.3) is 0 Å². The summed E-state index contributed by atoms with van der Waals surface area (Å²) in [4.78, 5) is 39.8. The number of anilines is 1. The van der Waals surface area contributed by atoms with Crippen molar-refractivity contribution in [2.24, 2.45) is 5.41 Å². The number of carbonyl (C=O) groups is 3. The van der Waals surface area contributed by atoms with E-state index in [9.17, 15) is 14.4 Å². The molecule has 140 valence electrons. The Kier molecular flexibility index (Phi) is 4.89. The van der Waals surface area contributed by atoms with Crippen LogP contribution in [0.3, 0.4) is 0 Å². The Balaban J connectivity index is 1.72. The van der Waals surface area contributed by atoms with Gasteiger partial charge in [0.2, 0.25) is 0 Å². The van der Waals surface area contributed by atoms with Crippen molar-refractivity contribution in [3.63, 3.8) is 0 Å². The molecule has 1 N–H and O–H groups in total. The number of piperidine rings is 1. The Morgan fingerprint density at radius 3 is 2.50 bits per heavy atom. The number of hydrogen-bond acceptors (Lipinski definition) is 4. The first kappa shape index (κ1) is 18.2. The molecule has 0 unspecified atom stereocenters. The zero-order valence-electron chi connectivity index (χ0n) is 15.2. The molecule has 7 nitrogen and oxygen atoms in total. The van der Waals surface area contributed by atoms with Gasteiger partial charge in [0.05, 0.1) is 18.9 Å². The van der Waals surface area contributed by atoms with Crippen LogP contribution < -0.4 is 4.90 Å². The van der Waals surface area contributed by atoms with Crippen molar-refractivity contribution in [3.05, 3.63) is 29.3 Å². The summed E-state index contributed by atoms with van der Waals surface area (Å²) < 4.78 is 4.83. The Bertz CT molecular complexity index is 737. The second-order valence-electron chi connectivity index (χ2n) is 7.15. The standard InChI is InChI=1S/C19H24N2O5/c1-13-3-4-14-5-8-21(15(14)11-13)18(25)20-9-6-19(7-10-20,12-16(22)23)17(24)26-2/h3-4,11H,5-10,12H2,1-2H3,(H,22,23). The van der Waals surface area contributed by atoms with E-state index in [1.54, 1.807) is 9.80 Å². The Hall–Kier alpha value is -2.57. The number of aryl methyl sites for hydroxylation is 1. The number of carbonyl (C=O) groups excluding carboxylic acids is 2. The van der Waals surface area contributed by atoms with Crippen LogP contribution in [0.2, 0.25) is 0 Å². The molecule has 0 atom stereocenters. The number of esters is 1. The Labute approximate surface area is 152 Å². The van der Waals surface area contributed by atoms with Crippen LogP contribution in [-0.4, -0.2) is 54.7 Å². The third-order valence-corrected chi connectivity index (χ3v) is 5.47.